The molecule has 1 atom stereocenters. The van der Waals surface area contributed by atoms with Crippen molar-refractivity contribution in [1.29, 1.82) is 0 Å². The Kier molecular flexibility index (Phi) is 10.4. The van der Waals surface area contributed by atoms with Gasteiger partial charge in [-0.05, 0) is 18.9 Å². The smallest absolute Gasteiger partial charge is 0.00103 e. The van der Waals surface area contributed by atoms with E-state index in [-0.39, 0.29) is 0 Å². The lowest BCUT2D eigenvalue weighted by Crippen LogP contribution is -2.23. The summed E-state index contributed by atoms with van der Waals surface area (Å²) in [5.41, 5.74) is 0. The van der Waals surface area contributed by atoms with Crippen LogP contribution in [0.3, 0.4) is 0 Å². The van der Waals surface area contributed by atoms with Crippen LogP contribution in [0.15, 0.2) is 0 Å². The van der Waals surface area contributed by atoms with E-state index < -0.39 is 0 Å². The Bertz CT molecular complexity index is 121. The number of rotatable bonds is 10. The van der Waals surface area contributed by atoms with Crippen LogP contribution in [0.1, 0.15) is 72.6 Å². The Morgan fingerprint density at radius 1 is 0.867 bits per heavy atom. The van der Waals surface area contributed by atoms with Crippen LogP contribution in [0.2, 0.25) is 0 Å². The number of nitrogens with one attached hydrogen (secondary N) is 1. The fourth-order valence-corrected chi connectivity index (χ4v) is 1.88. The summed E-state index contributed by atoms with van der Waals surface area (Å²) in [5.74, 6) is 0.947. The highest BCUT2D eigenvalue weighted by atomic mass is 14.9. The number of hydrogen-bond donors (Lipinski definition) is 1. The Morgan fingerprint density at radius 2 is 1.53 bits per heavy atom. The molecule has 0 rings (SSSR count). The third-order valence-corrected chi connectivity index (χ3v) is 2.98. The van der Waals surface area contributed by atoms with Crippen LogP contribution in [0.4, 0.5) is 0 Å². The molecule has 0 fully saturated rings. The zero-order valence-corrected chi connectivity index (χ0v) is 11.3. The molecular formula is C14H31N. The average molecular weight is 213 g/mol. The monoisotopic (exact) mass is 213 g/mol. The predicted octanol–water partition coefficient (Wildman–Crippen LogP) is 4.37. The summed E-state index contributed by atoms with van der Waals surface area (Å²) >= 11 is 0. The molecule has 15 heavy (non-hydrogen) atoms. The Hall–Kier alpha value is -0.0400. The molecule has 1 nitrogen and oxygen atoms in total. The molecule has 1 heteroatoms. The van der Waals surface area contributed by atoms with Gasteiger partial charge in [0.1, 0.15) is 0 Å². The quantitative estimate of drug-likeness (QED) is 0.531. The molecular weight excluding hydrogens is 182 g/mol. The standard InChI is InChI=1S/C14H31N/c1-5-6-10-14(4)11-8-7-9-12-15-13(2)3/h13-15H,5-12H2,1-4H3. The van der Waals surface area contributed by atoms with Crippen molar-refractivity contribution in [2.24, 2.45) is 5.92 Å². The molecule has 0 heterocycles. The molecule has 0 amide bonds. The lowest BCUT2D eigenvalue weighted by molar-refractivity contribution is 0.440. The van der Waals surface area contributed by atoms with Gasteiger partial charge in [-0.3, -0.25) is 0 Å². The molecule has 0 saturated carbocycles. The maximum atomic E-state index is 3.47. The Morgan fingerprint density at radius 3 is 2.13 bits per heavy atom. The van der Waals surface area contributed by atoms with Gasteiger partial charge < -0.3 is 5.32 Å². The predicted molar refractivity (Wildman–Crippen MR) is 70.3 cm³/mol. The minimum absolute atomic E-state index is 0.647. The van der Waals surface area contributed by atoms with Crippen LogP contribution in [-0.2, 0) is 0 Å². The SMILES string of the molecule is CCCCC(C)CCCCCNC(C)C. The van der Waals surface area contributed by atoms with Crippen LogP contribution in [0.25, 0.3) is 0 Å². The minimum atomic E-state index is 0.647. The van der Waals surface area contributed by atoms with Gasteiger partial charge in [-0.1, -0.05) is 66.2 Å². The van der Waals surface area contributed by atoms with E-state index in [1.165, 1.54) is 51.5 Å². The van der Waals surface area contributed by atoms with Crippen LogP contribution < -0.4 is 5.32 Å². The first-order valence-corrected chi connectivity index (χ1v) is 6.90. The summed E-state index contributed by atoms with van der Waals surface area (Å²) in [7, 11) is 0. The van der Waals surface area contributed by atoms with Crippen LogP contribution in [0.5, 0.6) is 0 Å². The van der Waals surface area contributed by atoms with Crippen LogP contribution in [0, 0.1) is 5.92 Å². The molecule has 0 bridgehead atoms. The molecule has 0 aliphatic carbocycles. The van der Waals surface area contributed by atoms with Gasteiger partial charge in [0.05, 0.1) is 0 Å². The first kappa shape index (κ1) is 15.0. The molecule has 0 spiro atoms. The maximum absolute atomic E-state index is 3.47. The van der Waals surface area contributed by atoms with Crippen molar-refractivity contribution in [3.63, 3.8) is 0 Å². The number of hydrogen-bond acceptors (Lipinski definition) is 1. The lowest BCUT2D eigenvalue weighted by Gasteiger charge is -2.11. The molecule has 92 valence electrons. The normalized spacial score (nSPS) is 13.4. The second-order valence-electron chi connectivity index (χ2n) is 5.21. The second-order valence-corrected chi connectivity index (χ2v) is 5.21. The van der Waals surface area contributed by atoms with E-state index in [1.54, 1.807) is 0 Å². The van der Waals surface area contributed by atoms with E-state index in [0.29, 0.717) is 6.04 Å². The van der Waals surface area contributed by atoms with Gasteiger partial charge in [-0.25, -0.2) is 0 Å². The Balaban J connectivity index is 3.09. The fraction of sp³-hybridized carbons (Fsp3) is 1.00. The first-order valence-electron chi connectivity index (χ1n) is 6.90. The summed E-state index contributed by atoms with van der Waals surface area (Å²) in [6, 6.07) is 0.647. The number of unbranched alkanes of at least 4 members (excludes halogenated alkanes) is 3. The third-order valence-electron chi connectivity index (χ3n) is 2.98. The third kappa shape index (κ3) is 11.9. The van der Waals surface area contributed by atoms with Gasteiger partial charge in [0.15, 0.2) is 0 Å². The van der Waals surface area contributed by atoms with Crippen molar-refractivity contribution in [2.45, 2.75) is 78.7 Å². The van der Waals surface area contributed by atoms with Gasteiger partial charge in [0, 0.05) is 6.04 Å². The van der Waals surface area contributed by atoms with Crippen LogP contribution >= 0.6 is 0 Å². The average Bonchev–Trinajstić information content (AvgIpc) is 2.19. The molecule has 1 N–H and O–H groups in total. The van der Waals surface area contributed by atoms with E-state index in [9.17, 15) is 0 Å². The summed E-state index contributed by atoms with van der Waals surface area (Å²) in [4.78, 5) is 0. The summed E-state index contributed by atoms with van der Waals surface area (Å²) in [6.07, 6.45) is 9.79. The van der Waals surface area contributed by atoms with Crippen molar-refractivity contribution < 1.29 is 0 Å². The first-order chi connectivity index (χ1) is 7.16. The van der Waals surface area contributed by atoms with Crippen molar-refractivity contribution in [3.05, 3.63) is 0 Å². The largest absolute Gasteiger partial charge is 0.315 e. The van der Waals surface area contributed by atoms with Crippen LogP contribution in [-0.4, -0.2) is 12.6 Å². The summed E-state index contributed by atoms with van der Waals surface area (Å²) < 4.78 is 0. The highest BCUT2D eigenvalue weighted by Crippen LogP contribution is 2.15. The summed E-state index contributed by atoms with van der Waals surface area (Å²) in [5, 5.41) is 3.47. The second kappa shape index (κ2) is 10.5. The van der Waals surface area contributed by atoms with Gasteiger partial charge in [-0.15, -0.1) is 0 Å². The van der Waals surface area contributed by atoms with Crippen molar-refractivity contribution >= 4 is 0 Å². The maximum Gasteiger partial charge on any atom is 0.00103 e. The van der Waals surface area contributed by atoms with Gasteiger partial charge in [-0.2, -0.15) is 0 Å². The Labute approximate surface area is 97.0 Å². The molecule has 0 radical (unpaired) electrons. The van der Waals surface area contributed by atoms with Gasteiger partial charge in [0.2, 0.25) is 0 Å². The van der Waals surface area contributed by atoms with Crippen molar-refractivity contribution in [2.75, 3.05) is 6.54 Å². The zero-order chi connectivity index (χ0) is 11.5. The lowest BCUT2D eigenvalue weighted by atomic mass is 9.97. The molecule has 0 saturated heterocycles. The molecule has 0 aromatic rings. The zero-order valence-electron chi connectivity index (χ0n) is 11.3. The highest BCUT2D eigenvalue weighted by Gasteiger charge is 2.00. The molecule has 0 aliphatic heterocycles. The van der Waals surface area contributed by atoms with Crippen molar-refractivity contribution in [3.8, 4) is 0 Å². The van der Waals surface area contributed by atoms with E-state index in [4.69, 9.17) is 0 Å². The molecule has 0 aromatic heterocycles. The van der Waals surface area contributed by atoms with E-state index in [1.807, 2.05) is 0 Å². The van der Waals surface area contributed by atoms with E-state index >= 15 is 0 Å². The van der Waals surface area contributed by atoms with E-state index in [2.05, 4.69) is 33.0 Å². The minimum Gasteiger partial charge on any atom is -0.315 e. The molecule has 0 aromatic carbocycles. The fourth-order valence-electron chi connectivity index (χ4n) is 1.88. The molecule has 0 aliphatic rings. The van der Waals surface area contributed by atoms with Gasteiger partial charge >= 0.3 is 0 Å². The summed E-state index contributed by atoms with van der Waals surface area (Å²) in [6.45, 7) is 10.3. The van der Waals surface area contributed by atoms with Gasteiger partial charge in [0.25, 0.3) is 0 Å². The van der Waals surface area contributed by atoms with Crippen molar-refractivity contribution in [1.82, 2.24) is 5.32 Å². The van der Waals surface area contributed by atoms with E-state index in [0.717, 1.165) is 5.92 Å². The highest BCUT2D eigenvalue weighted by molar-refractivity contribution is 4.56. The topological polar surface area (TPSA) is 12.0 Å². The molecule has 1 unspecified atom stereocenters.